The first-order valence-electron chi connectivity index (χ1n) is 7.79. The highest BCUT2D eigenvalue weighted by Crippen LogP contribution is 2.28. The van der Waals surface area contributed by atoms with Gasteiger partial charge in [0.2, 0.25) is 5.91 Å². The summed E-state index contributed by atoms with van der Waals surface area (Å²) in [5, 5.41) is 2.97. The third kappa shape index (κ3) is 2.65. The number of rotatable bonds is 3. The van der Waals surface area contributed by atoms with Crippen LogP contribution in [0.2, 0.25) is 0 Å². The van der Waals surface area contributed by atoms with Gasteiger partial charge in [-0.1, -0.05) is 30.3 Å². The highest BCUT2D eigenvalue weighted by atomic mass is 16.4. The molecule has 5 nitrogen and oxygen atoms in total. The molecule has 4 rings (SSSR count). The first-order valence-corrected chi connectivity index (χ1v) is 7.79. The molecule has 116 valence electrons. The number of carbonyl (C=O) groups excluding carboxylic acids is 1. The van der Waals surface area contributed by atoms with Gasteiger partial charge in [0.1, 0.15) is 11.6 Å². The van der Waals surface area contributed by atoms with Gasteiger partial charge in [0.15, 0.2) is 5.58 Å². The first-order chi connectivity index (χ1) is 11.3. The molecular formula is C18H17N3O2. The van der Waals surface area contributed by atoms with Crippen molar-refractivity contribution in [1.29, 1.82) is 0 Å². The molecular weight excluding hydrogens is 290 g/mol. The topological polar surface area (TPSA) is 58.4 Å². The van der Waals surface area contributed by atoms with Crippen LogP contribution in [0.15, 0.2) is 59.0 Å². The summed E-state index contributed by atoms with van der Waals surface area (Å²) in [6.07, 6.45) is 1.75. The van der Waals surface area contributed by atoms with Crippen LogP contribution in [0.5, 0.6) is 0 Å². The molecule has 0 bridgehead atoms. The Bertz CT molecular complexity index is 795. The van der Waals surface area contributed by atoms with Crippen LogP contribution in [0.4, 0.5) is 11.7 Å². The second kappa shape index (κ2) is 5.76. The Balaban J connectivity index is 1.57. The highest BCUT2D eigenvalue weighted by Gasteiger charge is 2.33. The van der Waals surface area contributed by atoms with E-state index in [0.29, 0.717) is 6.01 Å². The summed E-state index contributed by atoms with van der Waals surface area (Å²) in [5.74, 6) is -0.0176. The molecule has 3 aromatic rings. The lowest BCUT2D eigenvalue weighted by Crippen LogP contribution is -2.39. The van der Waals surface area contributed by atoms with E-state index in [1.165, 1.54) is 0 Å². The van der Waals surface area contributed by atoms with Gasteiger partial charge in [-0.05, 0) is 37.1 Å². The zero-order chi connectivity index (χ0) is 15.6. The Morgan fingerprint density at radius 3 is 2.74 bits per heavy atom. The molecule has 0 spiro atoms. The molecule has 0 aliphatic carbocycles. The maximum Gasteiger partial charge on any atom is 0.299 e. The number of hydrogen-bond acceptors (Lipinski definition) is 4. The van der Waals surface area contributed by atoms with E-state index in [1.54, 1.807) is 0 Å². The van der Waals surface area contributed by atoms with Gasteiger partial charge in [-0.25, -0.2) is 0 Å². The zero-order valence-corrected chi connectivity index (χ0v) is 12.6. The second-order valence-electron chi connectivity index (χ2n) is 5.67. The standard InChI is InChI=1S/C18H17N3O2/c22-17(19-13-7-2-1-3-8-13)15-10-6-12-21(15)18-20-14-9-4-5-11-16(14)23-18/h1-5,7-9,11,15H,6,10,12H2,(H,19,22)/t15-/m1/s1. The minimum Gasteiger partial charge on any atom is -0.423 e. The molecule has 5 heteroatoms. The Labute approximate surface area is 133 Å². The summed E-state index contributed by atoms with van der Waals surface area (Å²) in [6.45, 7) is 0.777. The summed E-state index contributed by atoms with van der Waals surface area (Å²) in [7, 11) is 0. The molecule has 1 amide bonds. The number of nitrogens with one attached hydrogen (secondary N) is 1. The monoisotopic (exact) mass is 307 g/mol. The minimum absolute atomic E-state index is 0.0176. The minimum atomic E-state index is -0.247. The lowest BCUT2D eigenvalue weighted by molar-refractivity contribution is -0.117. The van der Waals surface area contributed by atoms with Crippen LogP contribution in [0.1, 0.15) is 12.8 Å². The zero-order valence-electron chi connectivity index (χ0n) is 12.6. The SMILES string of the molecule is O=C(Nc1ccccc1)[C@H]1CCCN1c1nc2ccccc2o1. The average Bonchev–Trinajstić information content (AvgIpc) is 3.22. The summed E-state index contributed by atoms with van der Waals surface area (Å²) in [4.78, 5) is 19.1. The van der Waals surface area contributed by atoms with Crippen molar-refractivity contribution in [3.8, 4) is 0 Å². The molecule has 1 N–H and O–H groups in total. The van der Waals surface area contributed by atoms with Crippen molar-refractivity contribution >= 4 is 28.7 Å². The fourth-order valence-electron chi connectivity index (χ4n) is 3.00. The van der Waals surface area contributed by atoms with Crippen LogP contribution in [0, 0.1) is 0 Å². The lowest BCUT2D eigenvalue weighted by atomic mass is 10.2. The van der Waals surface area contributed by atoms with Gasteiger partial charge in [0.25, 0.3) is 6.01 Å². The van der Waals surface area contributed by atoms with E-state index in [1.807, 2.05) is 59.5 Å². The van der Waals surface area contributed by atoms with Gasteiger partial charge in [-0.15, -0.1) is 0 Å². The predicted octanol–water partition coefficient (Wildman–Crippen LogP) is 3.44. The summed E-state index contributed by atoms with van der Waals surface area (Å²) < 4.78 is 5.82. The third-order valence-corrected chi connectivity index (χ3v) is 4.13. The largest absolute Gasteiger partial charge is 0.423 e. The van der Waals surface area contributed by atoms with Gasteiger partial charge in [0, 0.05) is 12.2 Å². The van der Waals surface area contributed by atoms with E-state index < -0.39 is 0 Å². The number of oxazole rings is 1. The number of aromatic nitrogens is 1. The van der Waals surface area contributed by atoms with E-state index in [9.17, 15) is 4.79 Å². The molecule has 1 aromatic heterocycles. The molecule has 0 radical (unpaired) electrons. The fraction of sp³-hybridized carbons (Fsp3) is 0.222. The maximum absolute atomic E-state index is 12.6. The van der Waals surface area contributed by atoms with Crippen LogP contribution in [-0.4, -0.2) is 23.5 Å². The van der Waals surface area contributed by atoms with Crippen LogP contribution in [0.3, 0.4) is 0 Å². The number of anilines is 2. The Hall–Kier alpha value is -2.82. The number of carbonyl (C=O) groups is 1. The van der Waals surface area contributed by atoms with Crippen LogP contribution in [-0.2, 0) is 4.79 Å². The van der Waals surface area contributed by atoms with Gasteiger partial charge < -0.3 is 14.6 Å². The van der Waals surface area contributed by atoms with Crippen LogP contribution >= 0.6 is 0 Å². The highest BCUT2D eigenvalue weighted by molar-refractivity contribution is 5.97. The van der Waals surface area contributed by atoms with Crippen LogP contribution < -0.4 is 10.2 Å². The molecule has 0 saturated carbocycles. The number of amides is 1. The quantitative estimate of drug-likeness (QED) is 0.805. The van der Waals surface area contributed by atoms with Gasteiger partial charge in [0.05, 0.1) is 0 Å². The molecule has 1 atom stereocenters. The van der Waals surface area contributed by atoms with Crippen LogP contribution in [0.25, 0.3) is 11.1 Å². The number of nitrogens with zero attached hydrogens (tertiary/aromatic N) is 2. The second-order valence-corrected chi connectivity index (χ2v) is 5.67. The van der Waals surface area contributed by atoms with Crippen molar-refractivity contribution in [3.63, 3.8) is 0 Å². The molecule has 2 heterocycles. The van der Waals surface area contributed by atoms with E-state index in [2.05, 4.69) is 10.3 Å². The van der Waals surface area contributed by atoms with Gasteiger partial charge in [-0.3, -0.25) is 4.79 Å². The Morgan fingerprint density at radius 1 is 1.13 bits per heavy atom. The first kappa shape index (κ1) is 13.8. The summed E-state index contributed by atoms with van der Waals surface area (Å²) >= 11 is 0. The Morgan fingerprint density at radius 2 is 1.91 bits per heavy atom. The summed E-state index contributed by atoms with van der Waals surface area (Å²) in [5.41, 5.74) is 2.37. The van der Waals surface area contributed by atoms with E-state index >= 15 is 0 Å². The van der Waals surface area contributed by atoms with Gasteiger partial charge >= 0.3 is 0 Å². The van der Waals surface area contributed by atoms with Crippen molar-refractivity contribution in [2.24, 2.45) is 0 Å². The number of para-hydroxylation sites is 3. The number of benzene rings is 2. The average molecular weight is 307 g/mol. The third-order valence-electron chi connectivity index (χ3n) is 4.13. The van der Waals surface area contributed by atoms with Crippen molar-refractivity contribution < 1.29 is 9.21 Å². The fourth-order valence-corrected chi connectivity index (χ4v) is 3.00. The van der Waals surface area contributed by atoms with E-state index in [0.717, 1.165) is 36.2 Å². The van der Waals surface area contributed by atoms with E-state index in [4.69, 9.17) is 4.42 Å². The van der Waals surface area contributed by atoms with E-state index in [-0.39, 0.29) is 11.9 Å². The molecule has 1 aliphatic heterocycles. The lowest BCUT2D eigenvalue weighted by Gasteiger charge is -2.21. The summed E-state index contributed by atoms with van der Waals surface area (Å²) in [6, 6.07) is 17.4. The number of hydrogen-bond donors (Lipinski definition) is 1. The molecule has 2 aromatic carbocycles. The van der Waals surface area contributed by atoms with Gasteiger partial charge in [-0.2, -0.15) is 4.98 Å². The molecule has 1 saturated heterocycles. The van der Waals surface area contributed by atoms with Crippen molar-refractivity contribution in [1.82, 2.24) is 4.98 Å². The smallest absolute Gasteiger partial charge is 0.299 e. The van der Waals surface area contributed by atoms with Crippen molar-refractivity contribution in [3.05, 3.63) is 54.6 Å². The van der Waals surface area contributed by atoms with Crippen molar-refractivity contribution in [2.75, 3.05) is 16.8 Å². The normalized spacial score (nSPS) is 17.6. The maximum atomic E-state index is 12.6. The van der Waals surface area contributed by atoms with Crippen molar-refractivity contribution in [2.45, 2.75) is 18.9 Å². The Kier molecular flexibility index (Phi) is 3.46. The molecule has 23 heavy (non-hydrogen) atoms. The molecule has 1 aliphatic rings. The molecule has 0 unspecified atom stereocenters. The number of fused-ring (bicyclic) bond motifs is 1. The molecule has 1 fully saturated rings. The predicted molar refractivity (Wildman–Crippen MR) is 89.4 cm³/mol.